The van der Waals surface area contributed by atoms with Crippen molar-refractivity contribution in [2.45, 2.75) is 13.5 Å². The molecule has 0 fully saturated rings. The van der Waals surface area contributed by atoms with Gasteiger partial charge in [0.05, 0.1) is 0 Å². The van der Waals surface area contributed by atoms with E-state index in [9.17, 15) is 4.39 Å². The summed E-state index contributed by atoms with van der Waals surface area (Å²) in [5.74, 6) is -0.420. The average molecular weight is 164 g/mol. The van der Waals surface area contributed by atoms with Crippen LogP contribution in [0.4, 0.5) is 4.39 Å². The van der Waals surface area contributed by atoms with Crippen LogP contribution in [-0.2, 0) is 6.54 Å². The van der Waals surface area contributed by atoms with Gasteiger partial charge in [-0.3, -0.25) is 0 Å². The molecule has 2 nitrogen and oxygen atoms in total. The molecule has 0 bridgehead atoms. The highest BCUT2D eigenvalue weighted by Gasteiger charge is 2.01. The van der Waals surface area contributed by atoms with Crippen molar-refractivity contribution < 1.29 is 4.39 Å². The Kier molecular flexibility index (Phi) is 1.57. The van der Waals surface area contributed by atoms with Crippen LogP contribution in [-0.4, -0.2) is 9.55 Å². The second-order valence-electron chi connectivity index (χ2n) is 2.65. The second-order valence-corrected chi connectivity index (χ2v) is 2.65. The Morgan fingerprint density at radius 3 is 3.00 bits per heavy atom. The van der Waals surface area contributed by atoms with Crippen LogP contribution in [0.3, 0.4) is 0 Å². The third-order valence-electron chi connectivity index (χ3n) is 1.92. The predicted octanol–water partition coefficient (Wildman–Crippen LogP) is 2.20. The maximum atomic E-state index is 12.7. The summed E-state index contributed by atoms with van der Waals surface area (Å²) in [6.45, 7) is 2.83. The molecule has 2 rings (SSSR count). The lowest BCUT2D eigenvalue weighted by molar-refractivity contribution is 0.585. The number of pyridine rings is 1. The van der Waals surface area contributed by atoms with Crippen molar-refractivity contribution in [1.82, 2.24) is 9.55 Å². The molecule has 0 aromatic carbocycles. The Labute approximate surface area is 69.6 Å². The van der Waals surface area contributed by atoms with Crippen LogP contribution < -0.4 is 0 Å². The van der Waals surface area contributed by atoms with Crippen LogP contribution in [0, 0.1) is 5.95 Å². The van der Waals surface area contributed by atoms with Crippen molar-refractivity contribution in [3.8, 4) is 0 Å². The van der Waals surface area contributed by atoms with E-state index >= 15 is 0 Å². The van der Waals surface area contributed by atoms with Gasteiger partial charge in [-0.25, -0.2) is 4.98 Å². The molecule has 0 aliphatic rings. The molecule has 2 aromatic rings. The molecule has 0 aliphatic carbocycles. The zero-order valence-electron chi connectivity index (χ0n) is 6.79. The fraction of sp³-hybridized carbons (Fsp3) is 0.222. The summed E-state index contributed by atoms with van der Waals surface area (Å²) in [6.07, 6.45) is 1.91. The molecule has 62 valence electrons. The fourth-order valence-electron chi connectivity index (χ4n) is 1.29. The SMILES string of the molecule is CCn1ccc2ccc(F)nc21. The van der Waals surface area contributed by atoms with Crippen LogP contribution in [0.15, 0.2) is 24.4 Å². The molecule has 2 heterocycles. The Balaban J connectivity index is 2.75. The van der Waals surface area contributed by atoms with Gasteiger partial charge in [0.15, 0.2) is 0 Å². The van der Waals surface area contributed by atoms with Gasteiger partial charge in [0.1, 0.15) is 5.65 Å². The third-order valence-corrected chi connectivity index (χ3v) is 1.92. The van der Waals surface area contributed by atoms with E-state index in [4.69, 9.17) is 0 Å². The van der Waals surface area contributed by atoms with E-state index in [0.717, 1.165) is 17.6 Å². The van der Waals surface area contributed by atoms with E-state index in [1.807, 2.05) is 23.8 Å². The van der Waals surface area contributed by atoms with E-state index in [1.54, 1.807) is 6.07 Å². The predicted molar refractivity (Wildman–Crippen MR) is 45.4 cm³/mol. The summed E-state index contributed by atoms with van der Waals surface area (Å²) >= 11 is 0. The van der Waals surface area contributed by atoms with Gasteiger partial charge in [-0.2, -0.15) is 4.39 Å². The molecule has 0 saturated carbocycles. The number of aryl methyl sites for hydroxylation is 1. The minimum Gasteiger partial charge on any atom is -0.333 e. The van der Waals surface area contributed by atoms with Gasteiger partial charge in [-0.15, -0.1) is 0 Å². The molecular formula is C9H9FN2. The van der Waals surface area contributed by atoms with Crippen molar-refractivity contribution >= 4 is 11.0 Å². The van der Waals surface area contributed by atoms with Gasteiger partial charge in [0.25, 0.3) is 0 Å². The van der Waals surface area contributed by atoms with Crippen LogP contribution in [0.2, 0.25) is 0 Å². The monoisotopic (exact) mass is 164 g/mol. The smallest absolute Gasteiger partial charge is 0.214 e. The van der Waals surface area contributed by atoms with Gasteiger partial charge >= 0.3 is 0 Å². The van der Waals surface area contributed by atoms with Crippen molar-refractivity contribution in [3.05, 3.63) is 30.3 Å². The van der Waals surface area contributed by atoms with Crippen molar-refractivity contribution in [2.75, 3.05) is 0 Å². The Morgan fingerprint density at radius 2 is 2.25 bits per heavy atom. The minimum absolute atomic E-state index is 0.420. The maximum absolute atomic E-state index is 12.7. The van der Waals surface area contributed by atoms with Crippen molar-refractivity contribution in [1.29, 1.82) is 0 Å². The lowest BCUT2D eigenvalue weighted by atomic mass is 10.3. The lowest BCUT2D eigenvalue weighted by Crippen LogP contribution is -1.94. The Morgan fingerprint density at radius 1 is 1.42 bits per heavy atom. The van der Waals surface area contributed by atoms with Gasteiger partial charge < -0.3 is 4.57 Å². The fourth-order valence-corrected chi connectivity index (χ4v) is 1.29. The highest BCUT2D eigenvalue weighted by molar-refractivity contribution is 5.75. The molecule has 0 saturated heterocycles. The molecule has 0 unspecified atom stereocenters. The first kappa shape index (κ1) is 7.28. The highest BCUT2D eigenvalue weighted by atomic mass is 19.1. The summed E-state index contributed by atoms with van der Waals surface area (Å²) < 4.78 is 14.6. The molecule has 0 aliphatic heterocycles. The number of hydrogen-bond donors (Lipinski definition) is 0. The Bertz CT molecular complexity index is 406. The molecule has 12 heavy (non-hydrogen) atoms. The van der Waals surface area contributed by atoms with Crippen molar-refractivity contribution in [3.63, 3.8) is 0 Å². The number of rotatable bonds is 1. The largest absolute Gasteiger partial charge is 0.333 e. The molecule has 0 atom stereocenters. The van der Waals surface area contributed by atoms with E-state index in [-0.39, 0.29) is 0 Å². The number of hydrogen-bond acceptors (Lipinski definition) is 1. The summed E-state index contributed by atoms with van der Waals surface area (Å²) in [5, 5.41) is 0.984. The average Bonchev–Trinajstić information content (AvgIpc) is 2.46. The van der Waals surface area contributed by atoms with Crippen molar-refractivity contribution in [2.24, 2.45) is 0 Å². The van der Waals surface area contributed by atoms with Crippen LogP contribution in [0.5, 0.6) is 0 Å². The number of halogens is 1. The van der Waals surface area contributed by atoms with Gasteiger partial charge in [-0.05, 0) is 25.1 Å². The minimum atomic E-state index is -0.420. The number of fused-ring (bicyclic) bond motifs is 1. The van der Waals surface area contributed by atoms with Gasteiger partial charge in [0, 0.05) is 18.1 Å². The lowest BCUT2D eigenvalue weighted by Gasteiger charge is -1.97. The molecule has 0 amide bonds. The van der Waals surface area contributed by atoms with E-state index in [2.05, 4.69) is 4.98 Å². The topological polar surface area (TPSA) is 17.8 Å². The zero-order valence-corrected chi connectivity index (χ0v) is 6.79. The standard InChI is InChI=1S/C9H9FN2/c1-2-12-6-5-7-3-4-8(10)11-9(7)12/h3-6H,2H2,1H3. The van der Waals surface area contributed by atoms with Crippen LogP contribution in [0.25, 0.3) is 11.0 Å². The first-order valence-electron chi connectivity index (χ1n) is 3.92. The summed E-state index contributed by atoms with van der Waals surface area (Å²) in [7, 11) is 0. The molecule has 2 aromatic heterocycles. The van der Waals surface area contributed by atoms with Crippen LogP contribution >= 0.6 is 0 Å². The molecule has 3 heteroatoms. The first-order valence-corrected chi connectivity index (χ1v) is 3.92. The number of aromatic nitrogens is 2. The molecule has 0 spiro atoms. The van der Waals surface area contributed by atoms with E-state index in [0.29, 0.717) is 0 Å². The molecular weight excluding hydrogens is 155 g/mol. The summed E-state index contributed by atoms with van der Waals surface area (Å²) in [4.78, 5) is 3.80. The third kappa shape index (κ3) is 0.978. The van der Waals surface area contributed by atoms with E-state index in [1.165, 1.54) is 6.07 Å². The molecule has 0 radical (unpaired) electrons. The normalized spacial score (nSPS) is 10.8. The number of nitrogens with zero attached hydrogens (tertiary/aromatic N) is 2. The summed E-state index contributed by atoms with van der Waals surface area (Å²) in [5.41, 5.74) is 0.720. The quantitative estimate of drug-likeness (QED) is 0.591. The zero-order chi connectivity index (χ0) is 8.55. The van der Waals surface area contributed by atoms with Crippen LogP contribution in [0.1, 0.15) is 6.92 Å². The first-order chi connectivity index (χ1) is 5.81. The maximum Gasteiger partial charge on any atom is 0.214 e. The molecule has 0 N–H and O–H groups in total. The van der Waals surface area contributed by atoms with E-state index < -0.39 is 5.95 Å². The Hall–Kier alpha value is -1.38. The summed E-state index contributed by atoms with van der Waals surface area (Å²) in [6, 6.07) is 5.05. The second kappa shape index (κ2) is 2.59. The van der Waals surface area contributed by atoms with Gasteiger partial charge in [-0.1, -0.05) is 0 Å². The highest BCUT2D eigenvalue weighted by Crippen LogP contribution is 2.13. The van der Waals surface area contributed by atoms with Gasteiger partial charge in [0.2, 0.25) is 5.95 Å².